The minimum Gasteiger partial charge on any atom is -0.351 e. The monoisotopic (exact) mass is 404 g/mol. The molecule has 2 aliphatic carbocycles. The fourth-order valence-electron chi connectivity index (χ4n) is 4.57. The molecular weight excluding hydrogens is 372 g/mol. The average molecular weight is 405 g/mol. The van der Waals surface area contributed by atoms with Crippen molar-refractivity contribution in [3.05, 3.63) is 35.9 Å². The van der Waals surface area contributed by atoms with Crippen molar-refractivity contribution in [3.8, 4) is 24.2 Å². The van der Waals surface area contributed by atoms with Gasteiger partial charge in [0.05, 0.1) is 6.54 Å². The first-order valence-corrected chi connectivity index (χ1v) is 11.3. The minimum atomic E-state index is -0.766. The van der Waals surface area contributed by atoms with Crippen molar-refractivity contribution < 1.29 is 9.59 Å². The molecule has 0 aromatic heterocycles. The third-order valence-electron chi connectivity index (χ3n) is 6.21. The van der Waals surface area contributed by atoms with Crippen molar-refractivity contribution in [2.75, 3.05) is 6.54 Å². The quantitative estimate of drug-likeness (QED) is 0.722. The Morgan fingerprint density at radius 2 is 1.70 bits per heavy atom. The molecule has 0 radical (unpaired) electrons. The predicted molar refractivity (Wildman–Crippen MR) is 119 cm³/mol. The Morgan fingerprint density at radius 1 is 1.03 bits per heavy atom. The molecule has 2 fully saturated rings. The predicted octanol–water partition coefficient (Wildman–Crippen LogP) is 4.22. The van der Waals surface area contributed by atoms with Crippen LogP contribution in [0.5, 0.6) is 0 Å². The molecule has 0 aliphatic heterocycles. The highest BCUT2D eigenvalue weighted by Crippen LogP contribution is 2.27. The third kappa shape index (κ3) is 6.14. The highest BCUT2D eigenvalue weighted by Gasteiger charge is 2.31. The first-order valence-electron chi connectivity index (χ1n) is 11.3. The van der Waals surface area contributed by atoms with E-state index in [0.717, 1.165) is 37.7 Å². The van der Waals surface area contributed by atoms with Gasteiger partial charge in [-0.25, -0.2) is 0 Å². The van der Waals surface area contributed by atoms with Gasteiger partial charge in [0.2, 0.25) is 5.91 Å². The lowest BCUT2D eigenvalue weighted by Gasteiger charge is -2.31. The van der Waals surface area contributed by atoms with Gasteiger partial charge in [-0.1, -0.05) is 74.3 Å². The lowest BCUT2D eigenvalue weighted by atomic mass is 9.94. The van der Waals surface area contributed by atoms with Gasteiger partial charge in [-0.2, -0.15) is 0 Å². The molecule has 2 aliphatic rings. The molecule has 0 heterocycles. The summed E-state index contributed by atoms with van der Waals surface area (Å²) >= 11 is 0. The maximum atomic E-state index is 13.3. The van der Waals surface area contributed by atoms with Crippen LogP contribution in [0.2, 0.25) is 0 Å². The lowest BCUT2D eigenvalue weighted by molar-refractivity contribution is -0.136. The van der Waals surface area contributed by atoms with E-state index >= 15 is 0 Å². The first kappa shape index (κ1) is 22.0. The number of benzene rings is 1. The Hall–Kier alpha value is -2.72. The van der Waals surface area contributed by atoms with Crippen molar-refractivity contribution in [2.24, 2.45) is 5.92 Å². The molecule has 1 atom stereocenters. The Balaban J connectivity index is 1.78. The van der Waals surface area contributed by atoms with Gasteiger partial charge in [-0.15, -0.1) is 6.42 Å². The summed E-state index contributed by atoms with van der Waals surface area (Å²) in [7, 11) is 0. The summed E-state index contributed by atoms with van der Waals surface area (Å²) in [6.07, 6.45) is 16.6. The van der Waals surface area contributed by atoms with E-state index in [1.165, 1.54) is 37.0 Å². The fourth-order valence-corrected chi connectivity index (χ4v) is 4.57. The number of nitrogens with zero attached hydrogens (tertiary/aromatic N) is 1. The van der Waals surface area contributed by atoms with Crippen LogP contribution in [-0.4, -0.2) is 29.3 Å². The molecule has 4 nitrogen and oxygen atoms in total. The van der Waals surface area contributed by atoms with E-state index in [0.29, 0.717) is 5.92 Å². The van der Waals surface area contributed by atoms with Crippen LogP contribution < -0.4 is 5.32 Å². The van der Waals surface area contributed by atoms with Gasteiger partial charge in [0.1, 0.15) is 6.04 Å². The second-order valence-electron chi connectivity index (χ2n) is 8.45. The number of rotatable bonds is 6. The van der Waals surface area contributed by atoms with Crippen molar-refractivity contribution in [1.82, 2.24) is 10.2 Å². The Morgan fingerprint density at radius 3 is 2.37 bits per heavy atom. The van der Waals surface area contributed by atoms with E-state index in [1.54, 1.807) is 0 Å². The van der Waals surface area contributed by atoms with Gasteiger partial charge >= 0.3 is 0 Å². The number of nitrogens with one attached hydrogen (secondary N) is 1. The zero-order valence-corrected chi connectivity index (χ0v) is 17.7. The van der Waals surface area contributed by atoms with E-state index in [4.69, 9.17) is 6.42 Å². The third-order valence-corrected chi connectivity index (χ3v) is 6.21. The van der Waals surface area contributed by atoms with Crippen LogP contribution in [0.3, 0.4) is 0 Å². The Bertz CT molecular complexity index is 803. The molecule has 0 saturated heterocycles. The smallest absolute Gasteiger partial charge is 0.300 e. The lowest BCUT2D eigenvalue weighted by Crippen LogP contribution is -2.47. The van der Waals surface area contributed by atoms with Gasteiger partial charge in [0, 0.05) is 12.5 Å². The van der Waals surface area contributed by atoms with Gasteiger partial charge in [-0.05, 0) is 43.1 Å². The van der Waals surface area contributed by atoms with Gasteiger partial charge in [0.15, 0.2) is 0 Å². The normalized spacial score (nSPS) is 18.0. The van der Waals surface area contributed by atoms with Crippen molar-refractivity contribution in [3.63, 3.8) is 0 Å². The van der Waals surface area contributed by atoms with Crippen LogP contribution in [-0.2, 0) is 9.59 Å². The summed E-state index contributed by atoms with van der Waals surface area (Å²) in [5.74, 6) is 8.40. The van der Waals surface area contributed by atoms with Crippen molar-refractivity contribution >= 4 is 11.8 Å². The highest BCUT2D eigenvalue weighted by atomic mass is 16.2. The zero-order chi connectivity index (χ0) is 21.2. The van der Waals surface area contributed by atoms with E-state index < -0.39 is 6.04 Å². The summed E-state index contributed by atoms with van der Waals surface area (Å²) < 4.78 is 0. The summed E-state index contributed by atoms with van der Waals surface area (Å²) in [6.45, 7) is 0.0502. The molecule has 1 aromatic rings. The summed E-state index contributed by atoms with van der Waals surface area (Å²) in [5.41, 5.74) is 0.756. The van der Waals surface area contributed by atoms with E-state index in [9.17, 15) is 9.59 Å². The van der Waals surface area contributed by atoms with Gasteiger partial charge in [0.25, 0.3) is 5.91 Å². The summed E-state index contributed by atoms with van der Waals surface area (Å²) in [5, 5.41) is 3.16. The second-order valence-corrected chi connectivity index (χ2v) is 8.45. The van der Waals surface area contributed by atoms with E-state index in [-0.39, 0.29) is 24.4 Å². The Labute approximate surface area is 180 Å². The van der Waals surface area contributed by atoms with Crippen LogP contribution in [0.15, 0.2) is 30.3 Å². The SMILES string of the molecule is C#CCN(C(=O)C#CCC1CCCC1)C(C(=O)NC1CCCCC1)c1ccccc1. The minimum absolute atomic E-state index is 0.0502. The molecular formula is C26H32N2O2. The molecule has 1 aromatic carbocycles. The molecule has 0 bridgehead atoms. The average Bonchev–Trinajstić information content (AvgIpc) is 3.28. The molecule has 1 N–H and O–H groups in total. The number of carbonyl (C=O) groups excluding carboxylic acids is 2. The van der Waals surface area contributed by atoms with Crippen LogP contribution in [0.4, 0.5) is 0 Å². The van der Waals surface area contributed by atoms with Gasteiger partial charge < -0.3 is 10.2 Å². The summed E-state index contributed by atoms with van der Waals surface area (Å²) in [4.78, 5) is 27.7. The summed E-state index contributed by atoms with van der Waals surface area (Å²) in [6, 6.07) is 8.78. The largest absolute Gasteiger partial charge is 0.351 e. The Kier molecular flexibility index (Phi) is 8.40. The molecule has 4 heteroatoms. The van der Waals surface area contributed by atoms with E-state index in [2.05, 4.69) is 23.1 Å². The standard InChI is InChI=1S/C26H32N2O2/c1-2-20-28(24(29)19-11-14-21-12-9-10-13-21)25(22-15-5-3-6-16-22)26(30)27-23-17-7-4-8-18-23/h1,3,5-6,15-16,21,23,25H,4,7-10,12-14,17-18,20H2,(H,27,30). The number of carbonyl (C=O) groups is 2. The number of hydrogen-bond donors (Lipinski definition) is 1. The van der Waals surface area contributed by atoms with Crippen molar-refractivity contribution in [2.45, 2.75) is 76.3 Å². The molecule has 3 rings (SSSR count). The molecule has 158 valence electrons. The fraction of sp³-hybridized carbons (Fsp3) is 0.538. The maximum Gasteiger partial charge on any atom is 0.300 e. The van der Waals surface area contributed by atoms with Crippen LogP contribution >= 0.6 is 0 Å². The van der Waals surface area contributed by atoms with Crippen molar-refractivity contribution in [1.29, 1.82) is 0 Å². The number of hydrogen-bond acceptors (Lipinski definition) is 2. The number of terminal acetylenes is 1. The molecule has 2 saturated carbocycles. The topological polar surface area (TPSA) is 49.4 Å². The van der Waals surface area contributed by atoms with Crippen LogP contribution in [0.1, 0.15) is 75.8 Å². The maximum absolute atomic E-state index is 13.3. The molecule has 0 spiro atoms. The second kappa shape index (κ2) is 11.5. The van der Waals surface area contributed by atoms with Gasteiger partial charge in [-0.3, -0.25) is 9.59 Å². The zero-order valence-electron chi connectivity index (χ0n) is 17.7. The first-order chi connectivity index (χ1) is 14.7. The van der Waals surface area contributed by atoms with Crippen LogP contribution in [0, 0.1) is 30.1 Å². The molecule has 30 heavy (non-hydrogen) atoms. The molecule has 2 amide bonds. The van der Waals surface area contributed by atoms with Crippen LogP contribution in [0.25, 0.3) is 0 Å². The number of amides is 2. The molecule has 1 unspecified atom stereocenters. The van der Waals surface area contributed by atoms with E-state index in [1.807, 2.05) is 30.3 Å². The highest BCUT2D eigenvalue weighted by molar-refractivity contribution is 5.97.